The summed E-state index contributed by atoms with van der Waals surface area (Å²) in [7, 11) is 0. The Morgan fingerprint density at radius 3 is 2.31 bits per heavy atom. The molecule has 0 radical (unpaired) electrons. The Morgan fingerprint density at radius 2 is 1.88 bits per heavy atom. The van der Waals surface area contributed by atoms with Gasteiger partial charge in [-0.05, 0) is 0 Å². The molecule has 2 aliphatic rings. The lowest BCUT2D eigenvalue weighted by Gasteiger charge is -2.44. The van der Waals surface area contributed by atoms with Crippen molar-refractivity contribution in [1.82, 2.24) is 9.80 Å². The number of nitrogens with zero attached hydrogens (tertiary/aromatic N) is 2. The molecule has 2 rings (SSSR count). The van der Waals surface area contributed by atoms with Gasteiger partial charge in [-0.15, -0.1) is 0 Å². The number of rotatable bonds is 3. The molecular formula is C12H22N2O2. The zero-order chi connectivity index (χ0) is 11.6. The van der Waals surface area contributed by atoms with Crippen LogP contribution in [0, 0.1) is 5.41 Å². The zero-order valence-corrected chi connectivity index (χ0v) is 10.4. The minimum Gasteiger partial charge on any atom is -0.380 e. The summed E-state index contributed by atoms with van der Waals surface area (Å²) in [6.45, 7) is 10.9. The Morgan fingerprint density at radius 1 is 1.25 bits per heavy atom. The van der Waals surface area contributed by atoms with Crippen molar-refractivity contribution >= 4 is 5.91 Å². The third-order valence-corrected chi connectivity index (χ3v) is 3.53. The van der Waals surface area contributed by atoms with Crippen LogP contribution in [0.15, 0.2) is 0 Å². The molecule has 0 aromatic heterocycles. The van der Waals surface area contributed by atoms with E-state index >= 15 is 0 Å². The maximum absolute atomic E-state index is 11.5. The maximum atomic E-state index is 11.5. The van der Waals surface area contributed by atoms with Crippen LogP contribution in [0.2, 0.25) is 0 Å². The largest absolute Gasteiger partial charge is 0.380 e. The van der Waals surface area contributed by atoms with E-state index in [0.717, 1.165) is 45.9 Å². The fourth-order valence-electron chi connectivity index (χ4n) is 2.46. The van der Waals surface area contributed by atoms with Gasteiger partial charge >= 0.3 is 0 Å². The van der Waals surface area contributed by atoms with E-state index in [0.29, 0.717) is 11.8 Å². The van der Waals surface area contributed by atoms with Crippen molar-refractivity contribution in [2.75, 3.05) is 45.9 Å². The van der Waals surface area contributed by atoms with Crippen molar-refractivity contribution in [3.05, 3.63) is 0 Å². The highest BCUT2D eigenvalue weighted by atomic mass is 16.5. The second-order valence-corrected chi connectivity index (χ2v) is 5.31. The van der Waals surface area contributed by atoms with Crippen molar-refractivity contribution in [3.63, 3.8) is 0 Å². The highest BCUT2D eigenvalue weighted by molar-refractivity contribution is 5.75. The van der Waals surface area contributed by atoms with Gasteiger partial charge in [0.1, 0.15) is 0 Å². The highest BCUT2D eigenvalue weighted by Crippen LogP contribution is 2.27. The fraction of sp³-hybridized carbons (Fsp3) is 0.917. The molecule has 0 bridgehead atoms. The third kappa shape index (κ3) is 2.55. The molecule has 0 N–H and O–H groups in total. The van der Waals surface area contributed by atoms with Crippen molar-refractivity contribution in [2.45, 2.75) is 20.3 Å². The topological polar surface area (TPSA) is 32.8 Å². The molecule has 0 unspecified atom stereocenters. The number of amides is 1. The monoisotopic (exact) mass is 226 g/mol. The molecule has 2 saturated heterocycles. The van der Waals surface area contributed by atoms with Gasteiger partial charge < -0.3 is 9.64 Å². The van der Waals surface area contributed by atoms with Crippen molar-refractivity contribution in [2.24, 2.45) is 5.41 Å². The van der Waals surface area contributed by atoms with E-state index in [9.17, 15) is 4.79 Å². The number of carbonyl (C=O) groups excluding carboxylic acids is 1. The summed E-state index contributed by atoms with van der Waals surface area (Å²) in [5.74, 6) is 0.290. The molecule has 4 heteroatoms. The van der Waals surface area contributed by atoms with Crippen LogP contribution in [0.3, 0.4) is 0 Å². The molecule has 2 fully saturated rings. The van der Waals surface area contributed by atoms with Crippen LogP contribution in [0.25, 0.3) is 0 Å². The Hall–Kier alpha value is -0.610. The van der Waals surface area contributed by atoms with E-state index in [4.69, 9.17) is 4.74 Å². The molecule has 2 aliphatic heterocycles. The highest BCUT2D eigenvalue weighted by Gasteiger charge is 2.36. The SMILES string of the molecule is CCC(=O)N1CCN(CC2(C)COC2)CC1. The number of piperazine rings is 1. The van der Waals surface area contributed by atoms with E-state index in [1.807, 2.05) is 11.8 Å². The van der Waals surface area contributed by atoms with E-state index in [2.05, 4.69) is 11.8 Å². The average molecular weight is 226 g/mol. The summed E-state index contributed by atoms with van der Waals surface area (Å²) in [4.78, 5) is 16.0. The molecule has 0 aromatic rings. The van der Waals surface area contributed by atoms with E-state index in [1.54, 1.807) is 0 Å². The van der Waals surface area contributed by atoms with Gasteiger partial charge in [0.2, 0.25) is 5.91 Å². The number of hydrogen-bond donors (Lipinski definition) is 0. The Labute approximate surface area is 97.5 Å². The molecule has 16 heavy (non-hydrogen) atoms. The first kappa shape index (κ1) is 11.9. The van der Waals surface area contributed by atoms with Gasteiger partial charge in [0, 0.05) is 44.6 Å². The molecule has 2 heterocycles. The standard InChI is InChI=1S/C12H22N2O2/c1-3-11(15)14-6-4-13(5-7-14)8-12(2)9-16-10-12/h3-10H2,1-2H3. The van der Waals surface area contributed by atoms with E-state index in [1.165, 1.54) is 0 Å². The molecule has 0 saturated carbocycles. The molecule has 4 nitrogen and oxygen atoms in total. The Kier molecular flexibility index (Phi) is 3.50. The molecule has 0 atom stereocenters. The lowest BCUT2D eigenvalue weighted by molar-refractivity contribution is -0.135. The Bertz CT molecular complexity index is 256. The van der Waals surface area contributed by atoms with Crippen molar-refractivity contribution < 1.29 is 9.53 Å². The van der Waals surface area contributed by atoms with Gasteiger partial charge in [0.15, 0.2) is 0 Å². The first-order chi connectivity index (χ1) is 7.63. The quantitative estimate of drug-likeness (QED) is 0.705. The van der Waals surface area contributed by atoms with E-state index in [-0.39, 0.29) is 5.91 Å². The van der Waals surface area contributed by atoms with Crippen LogP contribution >= 0.6 is 0 Å². The van der Waals surface area contributed by atoms with Gasteiger partial charge in [-0.1, -0.05) is 13.8 Å². The molecule has 92 valence electrons. The van der Waals surface area contributed by atoms with Crippen LogP contribution < -0.4 is 0 Å². The second kappa shape index (κ2) is 4.72. The van der Waals surface area contributed by atoms with Crippen LogP contribution in [0.4, 0.5) is 0 Å². The number of ether oxygens (including phenoxy) is 1. The maximum Gasteiger partial charge on any atom is 0.222 e. The molecule has 0 aliphatic carbocycles. The van der Waals surface area contributed by atoms with Crippen LogP contribution in [-0.4, -0.2) is 61.6 Å². The first-order valence-electron chi connectivity index (χ1n) is 6.21. The smallest absolute Gasteiger partial charge is 0.222 e. The lowest BCUT2D eigenvalue weighted by Crippen LogP contribution is -2.54. The van der Waals surface area contributed by atoms with Crippen molar-refractivity contribution in [1.29, 1.82) is 0 Å². The molecule has 1 amide bonds. The van der Waals surface area contributed by atoms with Gasteiger partial charge in [-0.2, -0.15) is 0 Å². The predicted octanol–water partition coefficient (Wildman–Crippen LogP) is 0.577. The number of hydrogen-bond acceptors (Lipinski definition) is 3. The lowest BCUT2D eigenvalue weighted by atomic mass is 9.88. The normalized spacial score (nSPS) is 25.2. The molecular weight excluding hydrogens is 204 g/mol. The summed E-state index contributed by atoms with van der Waals surface area (Å²) in [5, 5.41) is 0. The summed E-state index contributed by atoms with van der Waals surface area (Å²) in [6.07, 6.45) is 0.631. The average Bonchev–Trinajstić information content (AvgIpc) is 2.27. The van der Waals surface area contributed by atoms with Crippen LogP contribution in [0.1, 0.15) is 20.3 Å². The van der Waals surface area contributed by atoms with E-state index < -0.39 is 0 Å². The Balaban J connectivity index is 1.74. The summed E-state index contributed by atoms with van der Waals surface area (Å²) in [5.41, 5.74) is 0.358. The van der Waals surface area contributed by atoms with Crippen LogP contribution in [0.5, 0.6) is 0 Å². The van der Waals surface area contributed by atoms with Gasteiger partial charge in [0.05, 0.1) is 13.2 Å². The van der Waals surface area contributed by atoms with Gasteiger partial charge in [-0.3, -0.25) is 9.69 Å². The minimum atomic E-state index is 0.290. The van der Waals surface area contributed by atoms with Gasteiger partial charge in [-0.25, -0.2) is 0 Å². The third-order valence-electron chi connectivity index (χ3n) is 3.53. The minimum absolute atomic E-state index is 0.290. The first-order valence-corrected chi connectivity index (χ1v) is 6.21. The second-order valence-electron chi connectivity index (χ2n) is 5.31. The van der Waals surface area contributed by atoms with Gasteiger partial charge in [0.25, 0.3) is 0 Å². The fourth-order valence-corrected chi connectivity index (χ4v) is 2.46. The van der Waals surface area contributed by atoms with Crippen molar-refractivity contribution in [3.8, 4) is 0 Å². The summed E-state index contributed by atoms with van der Waals surface area (Å²) < 4.78 is 5.26. The summed E-state index contributed by atoms with van der Waals surface area (Å²) in [6, 6.07) is 0. The predicted molar refractivity (Wildman–Crippen MR) is 62.2 cm³/mol. The summed E-state index contributed by atoms with van der Waals surface area (Å²) >= 11 is 0. The number of carbonyl (C=O) groups is 1. The molecule has 0 spiro atoms. The van der Waals surface area contributed by atoms with Crippen LogP contribution in [-0.2, 0) is 9.53 Å². The zero-order valence-electron chi connectivity index (χ0n) is 10.4. The molecule has 0 aromatic carbocycles.